The van der Waals surface area contributed by atoms with Crippen molar-refractivity contribution in [3.8, 4) is 0 Å². The standard InChI is InChI=1S/C60H100O6/c1-4-7-10-13-16-19-21-23-24-25-26-27-28-29-30-31-32-33-34-35-36-38-39-41-44-47-50-53-59(62)65-56-57(55-64-58(61)52-49-46-43-18-15-12-9-6-3)66-60(63)54-51-48-45-42-40-37-22-20-17-14-11-8-5-2/h7,10-11,14,16,19-20,22-24,26-27,29-30,32-33,57H,4-6,8-9,12-13,15,17-18,21,25,28,31,34-56H2,1-3H3/b10-7-,14-11-,19-16-,22-20-,24-23-,27-26-,30-29-,33-32-. The summed E-state index contributed by atoms with van der Waals surface area (Å²) < 4.78 is 16.7. The topological polar surface area (TPSA) is 78.9 Å². The lowest BCUT2D eigenvalue weighted by molar-refractivity contribution is -0.167. The van der Waals surface area contributed by atoms with Crippen LogP contribution in [0.2, 0.25) is 0 Å². The van der Waals surface area contributed by atoms with Crippen LogP contribution in [0.5, 0.6) is 0 Å². The molecular formula is C60H100O6. The Hall–Kier alpha value is -3.67. The summed E-state index contributed by atoms with van der Waals surface area (Å²) in [5.41, 5.74) is 0. The van der Waals surface area contributed by atoms with Crippen molar-refractivity contribution in [2.75, 3.05) is 13.2 Å². The van der Waals surface area contributed by atoms with Gasteiger partial charge in [0.25, 0.3) is 0 Å². The molecule has 6 heteroatoms. The Bertz CT molecular complexity index is 1330. The fraction of sp³-hybridized carbons (Fsp3) is 0.683. The zero-order chi connectivity index (χ0) is 47.9. The maximum Gasteiger partial charge on any atom is 0.306 e. The first-order valence-corrected chi connectivity index (χ1v) is 27.2. The number of ether oxygens (including phenoxy) is 3. The largest absolute Gasteiger partial charge is 0.462 e. The average molecular weight is 917 g/mol. The summed E-state index contributed by atoms with van der Waals surface area (Å²) in [5, 5.41) is 0. The molecule has 0 rings (SSSR count). The highest BCUT2D eigenvalue weighted by Gasteiger charge is 2.19. The number of hydrogen-bond acceptors (Lipinski definition) is 6. The summed E-state index contributed by atoms with van der Waals surface area (Å²) >= 11 is 0. The highest BCUT2D eigenvalue weighted by molar-refractivity contribution is 5.71. The number of carbonyl (C=O) groups excluding carboxylic acids is 3. The molecule has 376 valence electrons. The Morgan fingerprint density at radius 2 is 0.621 bits per heavy atom. The van der Waals surface area contributed by atoms with Gasteiger partial charge in [-0.1, -0.05) is 227 Å². The number of hydrogen-bond donors (Lipinski definition) is 0. The van der Waals surface area contributed by atoms with Crippen LogP contribution in [0.3, 0.4) is 0 Å². The second kappa shape index (κ2) is 53.9. The van der Waals surface area contributed by atoms with Gasteiger partial charge in [-0.15, -0.1) is 0 Å². The molecule has 0 aliphatic rings. The van der Waals surface area contributed by atoms with Crippen molar-refractivity contribution in [2.45, 2.75) is 252 Å². The number of carbonyl (C=O) groups is 3. The molecular weight excluding hydrogens is 817 g/mol. The number of rotatable bonds is 48. The van der Waals surface area contributed by atoms with Crippen LogP contribution in [-0.2, 0) is 28.6 Å². The Morgan fingerprint density at radius 1 is 0.318 bits per heavy atom. The molecule has 0 fully saturated rings. The summed E-state index contributed by atoms with van der Waals surface area (Å²) in [6, 6.07) is 0. The van der Waals surface area contributed by atoms with E-state index in [4.69, 9.17) is 14.2 Å². The van der Waals surface area contributed by atoms with Crippen LogP contribution >= 0.6 is 0 Å². The summed E-state index contributed by atoms with van der Waals surface area (Å²) in [6.45, 7) is 6.40. The normalized spacial score (nSPS) is 12.8. The molecule has 0 aliphatic carbocycles. The minimum absolute atomic E-state index is 0.0851. The lowest BCUT2D eigenvalue weighted by Gasteiger charge is -2.18. The van der Waals surface area contributed by atoms with E-state index >= 15 is 0 Å². The van der Waals surface area contributed by atoms with E-state index in [0.717, 1.165) is 135 Å². The minimum atomic E-state index is -0.785. The molecule has 0 aromatic rings. The van der Waals surface area contributed by atoms with Gasteiger partial charge in [0.15, 0.2) is 6.10 Å². The first-order valence-electron chi connectivity index (χ1n) is 27.2. The van der Waals surface area contributed by atoms with Crippen LogP contribution in [0.1, 0.15) is 245 Å². The zero-order valence-corrected chi connectivity index (χ0v) is 42.9. The third-order valence-electron chi connectivity index (χ3n) is 11.3. The molecule has 66 heavy (non-hydrogen) atoms. The Kier molecular flexibility index (Phi) is 50.9. The second-order valence-corrected chi connectivity index (χ2v) is 17.8. The molecule has 0 heterocycles. The molecule has 0 saturated heterocycles. The minimum Gasteiger partial charge on any atom is -0.462 e. The van der Waals surface area contributed by atoms with Crippen LogP contribution in [-0.4, -0.2) is 37.2 Å². The maximum atomic E-state index is 12.8. The third kappa shape index (κ3) is 51.3. The van der Waals surface area contributed by atoms with Gasteiger partial charge in [0, 0.05) is 19.3 Å². The van der Waals surface area contributed by atoms with E-state index in [0.29, 0.717) is 19.3 Å². The highest BCUT2D eigenvalue weighted by Crippen LogP contribution is 2.14. The first-order chi connectivity index (χ1) is 32.5. The van der Waals surface area contributed by atoms with E-state index in [9.17, 15) is 14.4 Å². The van der Waals surface area contributed by atoms with Crippen LogP contribution < -0.4 is 0 Å². The molecule has 0 saturated carbocycles. The SMILES string of the molecule is CC/C=C\C/C=C\C/C=C\C/C=C\C/C=C\C/C=C\CCCCCCCCCCC(=O)OCC(COC(=O)CCCCCCCCCC)OC(=O)CCCCCCC/C=C\C/C=C\CCC. The van der Waals surface area contributed by atoms with Crippen molar-refractivity contribution in [2.24, 2.45) is 0 Å². The van der Waals surface area contributed by atoms with Crippen LogP contribution in [0, 0.1) is 0 Å². The highest BCUT2D eigenvalue weighted by atomic mass is 16.6. The fourth-order valence-corrected chi connectivity index (χ4v) is 7.25. The van der Waals surface area contributed by atoms with Gasteiger partial charge in [0.2, 0.25) is 0 Å². The monoisotopic (exact) mass is 917 g/mol. The quantitative estimate of drug-likeness (QED) is 0.0262. The van der Waals surface area contributed by atoms with Crippen molar-refractivity contribution in [1.29, 1.82) is 0 Å². The van der Waals surface area contributed by atoms with E-state index in [-0.39, 0.29) is 31.1 Å². The third-order valence-corrected chi connectivity index (χ3v) is 11.3. The summed E-state index contributed by atoms with van der Waals surface area (Å²) in [5.74, 6) is -0.914. The lowest BCUT2D eigenvalue weighted by Crippen LogP contribution is -2.30. The first kappa shape index (κ1) is 62.3. The molecule has 0 N–H and O–H groups in total. The van der Waals surface area contributed by atoms with E-state index in [1.807, 2.05) is 0 Å². The van der Waals surface area contributed by atoms with Gasteiger partial charge in [0.05, 0.1) is 0 Å². The van der Waals surface area contributed by atoms with Crippen LogP contribution in [0.15, 0.2) is 97.2 Å². The molecule has 0 aromatic heterocycles. The molecule has 0 bridgehead atoms. The van der Waals surface area contributed by atoms with Gasteiger partial charge in [-0.3, -0.25) is 14.4 Å². The molecule has 0 radical (unpaired) electrons. The average Bonchev–Trinajstić information content (AvgIpc) is 3.31. The van der Waals surface area contributed by atoms with Gasteiger partial charge in [-0.25, -0.2) is 0 Å². The lowest BCUT2D eigenvalue weighted by atomic mass is 10.1. The van der Waals surface area contributed by atoms with Crippen molar-refractivity contribution in [3.05, 3.63) is 97.2 Å². The van der Waals surface area contributed by atoms with Gasteiger partial charge >= 0.3 is 17.9 Å². The summed E-state index contributed by atoms with van der Waals surface area (Å²) in [4.78, 5) is 37.9. The number of allylic oxidation sites excluding steroid dienone is 16. The van der Waals surface area contributed by atoms with Crippen LogP contribution in [0.25, 0.3) is 0 Å². The fourth-order valence-electron chi connectivity index (χ4n) is 7.25. The molecule has 0 spiro atoms. The van der Waals surface area contributed by atoms with Gasteiger partial charge in [-0.05, 0) is 96.3 Å². The Balaban J connectivity index is 4.22. The van der Waals surface area contributed by atoms with Crippen molar-refractivity contribution in [1.82, 2.24) is 0 Å². The molecule has 1 unspecified atom stereocenters. The van der Waals surface area contributed by atoms with E-state index in [1.54, 1.807) is 0 Å². The van der Waals surface area contributed by atoms with Gasteiger partial charge in [-0.2, -0.15) is 0 Å². The predicted molar refractivity (Wildman–Crippen MR) is 284 cm³/mol. The van der Waals surface area contributed by atoms with Gasteiger partial charge < -0.3 is 14.2 Å². The van der Waals surface area contributed by atoms with E-state index in [1.165, 1.54) is 70.6 Å². The van der Waals surface area contributed by atoms with E-state index in [2.05, 4.69) is 118 Å². The maximum absolute atomic E-state index is 12.8. The van der Waals surface area contributed by atoms with Crippen molar-refractivity contribution < 1.29 is 28.6 Å². The Labute approximate surface area is 407 Å². The van der Waals surface area contributed by atoms with Gasteiger partial charge in [0.1, 0.15) is 13.2 Å². The zero-order valence-electron chi connectivity index (χ0n) is 42.9. The smallest absolute Gasteiger partial charge is 0.306 e. The van der Waals surface area contributed by atoms with Crippen LogP contribution in [0.4, 0.5) is 0 Å². The number of esters is 3. The summed E-state index contributed by atoms with van der Waals surface area (Å²) in [7, 11) is 0. The number of unbranched alkanes of at least 4 members (excludes halogenated alkanes) is 21. The van der Waals surface area contributed by atoms with E-state index < -0.39 is 6.10 Å². The molecule has 0 amide bonds. The second-order valence-electron chi connectivity index (χ2n) is 17.8. The molecule has 1 atom stereocenters. The van der Waals surface area contributed by atoms with Crippen molar-refractivity contribution in [3.63, 3.8) is 0 Å². The molecule has 0 aromatic carbocycles. The summed E-state index contributed by atoms with van der Waals surface area (Å²) in [6.07, 6.45) is 71.2. The molecule has 0 aliphatic heterocycles. The Morgan fingerprint density at radius 3 is 0.985 bits per heavy atom. The predicted octanol–water partition coefficient (Wildman–Crippen LogP) is 18.1. The van der Waals surface area contributed by atoms with Crippen molar-refractivity contribution >= 4 is 17.9 Å². The molecule has 6 nitrogen and oxygen atoms in total.